The molecule has 2 rings (SSSR count). The molecule has 1 aromatic carbocycles. The number of thioether (sulfide) groups is 1. The Hall–Kier alpha value is -0.690. The zero-order chi connectivity index (χ0) is 10.7. The third-order valence-corrected chi connectivity index (χ3v) is 3.99. The van der Waals surface area contributed by atoms with Crippen LogP contribution >= 0.6 is 11.8 Å². The van der Waals surface area contributed by atoms with Gasteiger partial charge < -0.3 is 0 Å². The molecular formula is C14H18S. The Balaban J connectivity index is 1.94. The van der Waals surface area contributed by atoms with Gasteiger partial charge in [0.1, 0.15) is 0 Å². The van der Waals surface area contributed by atoms with Crippen LogP contribution < -0.4 is 0 Å². The first kappa shape index (κ1) is 10.8. The molecule has 0 amide bonds. The average Bonchev–Trinajstić information content (AvgIpc) is 2.62. The lowest BCUT2D eigenvalue weighted by molar-refractivity contribution is 0.632. The molecule has 1 aromatic rings. The van der Waals surface area contributed by atoms with Gasteiger partial charge in [0.05, 0.1) is 0 Å². The molecule has 1 heteroatoms. The molecule has 0 saturated heterocycles. The van der Waals surface area contributed by atoms with Gasteiger partial charge in [0.2, 0.25) is 0 Å². The van der Waals surface area contributed by atoms with Crippen molar-refractivity contribution in [2.24, 2.45) is 5.92 Å². The predicted molar refractivity (Wildman–Crippen MR) is 70.1 cm³/mol. The third-order valence-electron chi connectivity index (χ3n) is 2.75. The molecule has 0 radical (unpaired) electrons. The van der Waals surface area contributed by atoms with E-state index in [1.807, 2.05) is 0 Å². The maximum absolute atomic E-state index is 2.33. The topological polar surface area (TPSA) is 0 Å². The molecule has 15 heavy (non-hydrogen) atoms. The summed E-state index contributed by atoms with van der Waals surface area (Å²) in [5, 5.41) is 0.597. The summed E-state index contributed by atoms with van der Waals surface area (Å²) in [7, 11) is 0. The van der Waals surface area contributed by atoms with Gasteiger partial charge in [-0.1, -0.05) is 50.3 Å². The van der Waals surface area contributed by atoms with E-state index in [1.54, 1.807) is 0 Å². The van der Waals surface area contributed by atoms with Crippen molar-refractivity contribution in [1.29, 1.82) is 0 Å². The molecule has 0 heterocycles. The van der Waals surface area contributed by atoms with E-state index in [4.69, 9.17) is 0 Å². The molecule has 1 unspecified atom stereocenters. The van der Waals surface area contributed by atoms with E-state index in [9.17, 15) is 0 Å². The smallest absolute Gasteiger partial charge is 0.0486 e. The molecule has 0 N–H and O–H groups in total. The summed E-state index contributed by atoms with van der Waals surface area (Å²) >= 11 is 2.07. The molecule has 1 atom stereocenters. The molecule has 0 nitrogen and oxygen atoms in total. The average molecular weight is 218 g/mol. The number of benzene rings is 1. The Kier molecular flexibility index (Phi) is 3.53. The fourth-order valence-corrected chi connectivity index (χ4v) is 3.24. The van der Waals surface area contributed by atoms with Gasteiger partial charge in [-0.15, -0.1) is 11.8 Å². The van der Waals surface area contributed by atoms with Crippen LogP contribution in [-0.2, 0) is 0 Å². The van der Waals surface area contributed by atoms with Crippen molar-refractivity contribution >= 4 is 17.8 Å². The molecule has 0 spiro atoms. The highest BCUT2D eigenvalue weighted by molar-refractivity contribution is 7.99. The summed E-state index contributed by atoms with van der Waals surface area (Å²) in [6.07, 6.45) is 5.90. The lowest BCUT2D eigenvalue weighted by atomic mass is 10.1. The van der Waals surface area contributed by atoms with Gasteiger partial charge in [-0.2, -0.15) is 0 Å². The van der Waals surface area contributed by atoms with Crippen molar-refractivity contribution < 1.29 is 0 Å². The number of rotatable bonds is 4. The Morgan fingerprint density at radius 2 is 2.07 bits per heavy atom. The second kappa shape index (κ2) is 4.89. The van der Waals surface area contributed by atoms with Gasteiger partial charge in [0, 0.05) is 5.25 Å². The Morgan fingerprint density at radius 3 is 2.87 bits per heavy atom. The summed E-state index contributed by atoms with van der Waals surface area (Å²) in [6.45, 7) is 4.58. The normalized spacial score (nSPS) is 18.5. The molecule has 0 aromatic heterocycles. The van der Waals surface area contributed by atoms with Gasteiger partial charge in [-0.25, -0.2) is 0 Å². The molecule has 0 saturated carbocycles. The Morgan fingerprint density at radius 1 is 1.27 bits per heavy atom. The van der Waals surface area contributed by atoms with E-state index in [0.29, 0.717) is 5.25 Å². The lowest BCUT2D eigenvalue weighted by Gasteiger charge is -2.11. The van der Waals surface area contributed by atoms with Crippen LogP contribution in [0.2, 0.25) is 0 Å². The van der Waals surface area contributed by atoms with Crippen molar-refractivity contribution in [2.45, 2.75) is 25.5 Å². The van der Waals surface area contributed by atoms with Gasteiger partial charge in [-0.05, 0) is 29.2 Å². The second-order valence-electron chi connectivity index (χ2n) is 4.46. The quantitative estimate of drug-likeness (QED) is 0.715. The van der Waals surface area contributed by atoms with E-state index in [2.05, 4.69) is 62.0 Å². The lowest BCUT2D eigenvalue weighted by Crippen LogP contribution is -1.93. The summed E-state index contributed by atoms with van der Waals surface area (Å²) in [5.74, 6) is 2.08. The fraction of sp³-hybridized carbons (Fsp3) is 0.429. The van der Waals surface area contributed by atoms with Crippen molar-refractivity contribution in [3.63, 3.8) is 0 Å². The first-order valence-electron chi connectivity index (χ1n) is 5.66. The standard InChI is InChI=1S/C14H18S/c1-11(2)9-10-15-14-8-7-12-5-3-4-6-13(12)14/h3-8,11,14H,9-10H2,1-2H3. The monoisotopic (exact) mass is 218 g/mol. The van der Waals surface area contributed by atoms with E-state index >= 15 is 0 Å². The van der Waals surface area contributed by atoms with Gasteiger partial charge >= 0.3 is 0 Å². The van der Waals surface area contributed by atoms with Crippen molar-refractivity contribution in [1.82, 2.24) is 0 Å². The van der Waals surface area contributed by atoms with Crippen molar-refractivity contribution in [3.05, 3.63) is 41.5 Å². The molecule has 0 bridgehead atoms. The van der Waals surface area contributed by atoms with Gasteiger partial charge in [0.25, 0.3) is 0 Å². The number of hydrogen-bond donors (Lipinski definition) is 0. The van der Waals surface area contributed by atoms with Crippen LogP contribution in [0.1, 0.15) is 36.6 Å². The maximum atomic E-state index is 2.33. The molecule has 1 aliphatic rings. The molecule has 80 valence electrons. The second-order valence-corrected chi connectivity index (χ2v) is 5.71. The van der Waals surface area contributed by atoms with Crippen LogP contribution in [0, 0.1) is 5.92 Å². The van der Waals surface area contributed by atoms with Crippen LogP contribution in [0.15, 0.2) is 30.3 Å². The molecule has 0 aliphatic heterocycles. The molecular weight excluding hydrogens is 200 g/mol. The van der Waals surface area contributed by atoms with E-state index in [0.717, 1.165) is 5.92 Å². The zero-order valence-corrected chi connectivity index (χ0v) is 10.3. The van der Waals surface area contributed by atoms with Crippen molar-refractivity contribution in [2.75, 3.05) is 5.75 Å². The van der Waals surface area contributed by atoms with Crippen LogP contribution in [0.3, 0.4) is 0 Å². The summed E-state index contributed by atoms with van der Waals surface area (Å²) in [4.78, 5) is 0. The molecule has 1 aliphatic carbocycles. The van der Waals surface area contributed by atoms with Crippen LogP contribution in [0.5, 0.6) is 0 Å². The number of hydrogen-bond acceptors (Lipinski definition) is 1. The first-order valence-corrected chi connectivity index (χ1v) is 6.71. The SMILES string of the molecule is CC(C)CCSC1C=Cc2ccccc21. The summed E-state index contributed by atoms with van der Waals surface area (Å²) in [5.41, 5.74) is 2.89. The predicted octanol–water partition coefficient (Wildman–Crippen LogP) is 4.53. The Labute approximate surface area is 96.8 Å². The van der Waals surface area contributed by atoms with Gasteiger partial charge in [-0.3, -0.25) is 0 Å². The zero-order valence-electron chi connectivity index (χ0n) is 9.44. The number of fused-ring (bicyclic) bond motifs is 1. The summed E-state index contributed by atoms with van der Waals surface area (Å²) in [6, 6.07) is 8.71. The van der Waals surface area contributed by atoms with E-state index < -0.39 is 0 Å². The van der Waals surface area contributed by atoms with E-state index in [-0.39, 0.29) is 0 Å². The van der Waals surface area contributed by atoms with Crippen LogP contribution in [0.25, 0.3) is 6.08 Å². The minimum Gasteiger partial charge on any atom is -0.150 e. The molecule has 0 fully saturated rings. The fourth-order valence-electron chi connectivity index (χ4n) is 1.79. The van der Waals surface area contributed by atoms with E-state index in [1.165, 1.54) is 23.3 Å². The first-order chi connectivity index (χ1) is 7.27. The largest absolute Gasteiger partial charge is 0.150 e. The van der Waals surface area contributed by atoms with Gasteiger partial charge in [0.15, 0.2) is 0 Å². The van der Waals surface area contributed by atoms with Crippen LogP contribution in [-0.4, -0.2) is 5.75 Å². The van der Waals surface area contributed by atoms with Crippen molar-refractivity contribution in [3.8, 4) is 0 Å². The van der Waals surface area contributed by atoms with Crippen LogP contribution in [0.4, 0.5) is 0 Å². The highest BCUT2D eigenvalue weighted by Crippen LogP contribution is 2.38. The summed E-state index contributed by atoms with van der Waals surface area (Å²) < 4.78 is 0. The maximum Gasteiger partial charge on any atom is 0.0486 e. The highest BCUT2D eigenvalue weighted by atomic mass is 32.2. The minimum atomic E-state index is 0.597. The minimum absolute atomic E-state index is 0.597. The third kappa shape index (κ3) is 2.66. The highest BCUT2D eigenvalue weighted by Gasteiger charge is 2.16. The Bertz CT molecular complexity index is 352.